The van der Waals surface area contributed by atoms with Crippen LogP contribution in [0, 0.1) is 0 Å². The molecule has 0 fully saturated rings. The van der Waals surface area contributed by atoms with Crippen LogP contribution in [0.4, 0.5) is 0 Å². The van der Waals surface area contributed by atoms with Gasteiger partial charge >= 0.3 is 5.97 Å². The highest BCUT2D eigenvalue weighted by Gasteiger charge is 2.27. The molecule has 0 aliphatic heterocycles. The smallest absolute Gasteiger partial charge is 0.311 e. The molecular weight excluding hydrogens is 301 g/mol. The maximum absolute atomic E-state index is 12.1. The Morgan fingerprint density at radius 2 is 1.85 bits per heavy atom. The molecule has 0 aliphatic carbocycles. The van der Waals surface area contributed by atoms with E-state index >= 15 is 0 Å². The highest BCUT2D eigenvalue weighted by molar-refractivity contribution is 6.35. The van der Waals surface area contributed by atoms with Gasteiger partial charge in [0.1, 0.15) is 0 Å². The van der Waals surface area contributed by atoms with Gasteiger partial charge in [0.25, 0.3) is 0 Å². The number of hydrogen-bond donors (Lipinski definition) is 1. The number of benzene rings is 1. The van der Waals surface area contributed by atoms with E-state index in [2.05, 4.69) is 0 Å². The molecule has 1 N–H and O–H groups in total. The van der Waals surface area contributed by atoms with Crippen LogP contribution < -0.4 is 0 Å². The van der Waals surface area contributed by atoms with Crippen LogP contribution in [0.1, 0.15) is 31.7 Å². The van der Waals surface area contributed by atoms with E-state index in [1.165, 1.54) is 6.07 Å². The second kappa shape index (κ2) is 7.50. The van der Waals surface area contributed by atoms with Crippen molar-refractivity contribution in [2.75, 3.05) is 13.1 Å². The largest absolute Gasteiger partial charge is 0.481 e. The number of amides is 1. The Balaban J connectivity index is 3.01. The lowest BCUT2D eigenvalue weighted by Gasteiger charge is -2.21. The van der Waals surface area contributed by atoms with E-state index in [0.717, 1.165) is 0 Å². The van der Waals surface area contributed by atoms with Crippen LogP contribution in [0.3, 0.4) is 0 Å². The number of nitrogens with zero attached hydrogens (tertiary/aromatic N) is 1. The summed E-state index contributed by atoms with van der Waals surface area (Å²) in [6.45, 7) is 4.81. The lowest BCUT2D eigenvalue weighted by Crippen LogP contribution is -2.32. The van der Waals surface area contributed by atoms with Crippen LogP contribution in [-0.4, -0.2) is 35.0 Å². The van der Waals surface area contributed by atoms with E-state index in [1.54, 1.807) is 17.0 Å². The molecule has 110 valence electrons. The average molecular weight is 318 g/mol. The van der Waals surface area contributed by atoms with Gasteiger partial charge in [0.05, 0.1) is 5.92 Å². The van der Waals surface area contributed by atoms with Crippen molar-refractivity contribution in [3.8, 4) is 0 Å². The van der Waals surface area contributed by atoms with Crippen LogP contribution >= 0.6 is 23.2 Å². The van der Waals surface area contributed by atoms with Crippen LogP contribution in [0.2, 0.25) is 10.0 Å². The predicted molar refractivity (Wildman–Crippen MR) is 79.4 cm³/mol. The zero-order valence-corrected chi connectivity index (χ0v) is 12.9. The van der Waals surface area contributed by atoms with Crippen molar-refractivity contribution in [2.24, 2.45) is 0 Å². The molecule has 0 aromatic heterocycles. The normalized spacial score (nSPS) is 12.0. The molecule has 1 aromatic carbocycles. The summed E-state index contributed by atoms with van der Waals surface area (Å²) in [7, 11) is 0. The number of carboxylic acids is 1. The quantitative estimate of drug-likeness (QED) is 0.874. The minimum atomic E-state index is -1.07. The third-order valence-electron chi connectivity index (χ3n) is 3.13. The molecule has 0 saturated heterocycles. The summed E-state index contributed by atoms with van der Waals surface area (Å²) in [5, 5.41) is 10.0. The number of rotatable bonds is 6. The van der Waals surface area contributed by atoms with Crippen molar-refractivity contribution in [1.82, 2.24) is 4.90 Å². The van der Waals surface area contributed by atoms with Gasteiger partial charge in [-0.3, -0.25) is 9.59 Å². The summed E-state index contributed by atoms with van der Waals surface area (Å²) in [5.41, 5.74) is 0.407. The Hall–Kier alpha value is -1.26. The first-order valence-corrected chi connectivity index (χ1v) is 7.11. The van der Waals surface area contributed by atoms with Gasteiger partial charge in [-0.05, 0) is 31.5 Å². The summed E-state index contributed by atoms with van der Waals surface area (Å²) < 4.78 is 0. The van der Waals surface area contributed by atoms with Gasteiger partial charge in [-0.25, -0.2) is 0 Å². The Bertz CT molecular complexity index is 501. The standard InChI is InChI=1S/C14H17Cl2NO3/c1-3-17(4-2)13(18)8-11(14(19)20)10-6-5-9(15)7-12(10)16/h5-7,11H,3-4,8H2,1-2H3,(H,19,20). The number of carbonyl (C=O) groups is 2. The molecule has 6 heteroatoms. The van der Waals surface area contributed by atoms with Crippen LogP contribution in [0.25, 0.3) is 0 Å². The van der Waals surface area contributed by atoms with E-state index in [0.29, 0.717) is 23.7 Å². The lowest BCUT2D eigenvalue weighted by atomic mass is 9.95. The van der Waals surface area contributed by atoms with Gasteiger partial charge < -0.3 is 10.0 Å². The van der Waals surface area contributed by atoms with Gasteiger partial charge in [0.2, 0.25) is 5.91 Å². The molecular formula is C14H17Cl2NO3. The zero-order chi connectivity index (χ0) is 15.3. The molecule has 0 aliphatic rings. The van der Waals surface area contributed by atoms with Gasteiger partial charge in [-0.15, -0.1) is 0 Å². The number of aliphatic carboxylic acids is 1. The SMILES string of the molecule is CCN(CC)C(=O)CC(C(=O)O)c1ccc(Cl)cc1Cl. The Morgan fingerprint density at radius 1 is 1.25 bits per heavy atom. The van der Waals surface area contributed by atoms with Crippen LogP contribution in [0.15, 0.2) is 18.2 Å². The first-order chi connectivity index (χ1) is 9.40. The maximum atomic E-state index is 12.1. The highest BCUT2D eigenvalue weighted by Crippen LogP contribution is 2.30. The second-order valence-corrected chi connectivity index (χ2v) is 5.17. The van der Waals surface area contributed by atoms with Crippen molar-refractivity contribution >= 4 is 35.1 Å². The molecule has 0 saturated carbocycles. The molecule has 0 bridgehead atoms. The van der Waals surface area contributed by atoms with Gasteiger partial charge in [0, 0.05) is 29.6 Å². The highest BCUT2D eigenvalue weighted by atomic mass is 35.5. The summed E-state index contributed by atoms with van der Waals surface area (Å²) in [6.07, 6.45) is -0.113. The second-order valence-electron chi connectivity index (χ2n) is 4.33. The average Bonchev–Trinajstić information content (AvgIpc) is 2.38. The minimum absolute atomic E-state index is 0.113. The van der Waals surface area contributed by atoms with E-state index < -0.39 is 11.9 Å². The van der Waals surface area contributed by atoms with Crippen molar-refractivity contribution < 1.29 is 14.7 Å². The number of carbonyl (C=O) groups excluding carboxylic acids is 1. The summed E-state index contributed by atoms with van der Waals surface area (Å²) in [6, 6.07) is 4.61. The van der Waals surface area contributed by atoms with E-state index in [1.807, 2.05) is 13.8 Å². The Morgan fingerprint density at radius 3 is 2.30 bits per heavy atom. The molecule has 0 spiro atoms. The van der Waals surface area contributed by atoms with Crippen LogP contribution in [0.5, 0.6) is 0 Å². The first kappa shape index (κ1) is 16.8. The van der Waals surface area contributed by atoms with Crippen molar-refractivity contribution in [3.05, 3.63) is 33.8 Å². The fraction of sp³-hybridized carbons (Fsp3) is 0.429. The van der Waals surface area contributed by atoms with E-state index in [9.17, 15) is 14.7 Å². The fourth-order valence-electron chi connectivity index (χ4n) is 1.99. The minimum Gasteiger partial charge on any atom is -0.481 e. The monoisotopic (exact) mass is 317 g/mol. The number of hydrogen-bond acceptors (Lipinski definition) is 2. The predicted octanol–water partition coefficient (Wildman–Crippen LogP) is 3.42. The maximum Gasteiger partial charge on any atom is 0.311 e. The molecule has 0 radical (unpaired) electrons. The zero-order valence-electron chi connectivity index (χ0n) is 11.4. The van der Waals surface area contributed by atoms with E-state index in [4.69, 9.17) is 23.2 Å². The molecule has 1 unspecified atom stereocenters. The topological polar surface area (TPSA) is 57.6 Å². The van der Waals surface area contributed by atoms with Gasteiger partial charge in [0.15, 0.2) is 0 Å². The molecule has 1 atom stereocenters. The summed E-state index contributed by atoms with van der Waals surface area (Å²) >= 11 is 11.8. The molecule has 1 amide bonds. The number of carboxylic acid groups (broad SMARTS) is 1. The van der Waals surface area contributed by atoms with Gasteiger partial charge in [-0.2, -0.15) is 0 Å². The van der Waals surface area contributed by atoms with Crippen molar-refractivity contribution in [1.29, 1.82) is 0 Å². The van der Waals surface area contributed by atoms with Crippen LogP contribution in [-0.2, 0) is 9.59 Å². The summed E-state index contributed by atoms with van der Waals surface area (Å²) in [4.78, 5) is 25.1. The lowest BCUT2D eigenvalue weighted by molar-refractivity contribution is -0.142. The number of halogens is 2. The first-order valence-electron chi connectivity index (χ1n) is 6.36. The molecule has 1 aromatic rings. The Kier molecular flexibility index (Phi) is 6.30. The third-order valence-corrected chi connectivity index (χ3v) is 3.69. The molecule has 4 nitrogen and oxygen atoms in total. The fourth-order valence-corrected chi connectivity index (χ4v) is 2.53. The summed E-state index contributed by atoms with van der Waals surface area (Å²) in [5.74, 6) is -2.24. The van der Waals surface area contributed by atoms with E-state index in [-0.39, 0.29) is 17.4 Å². The van der Waals surface area contributed by atoms with Crippen molar-refractivity contribution in [3.63, 3.8) is 0 Å². The molecule has 1 rings (SSSR count). The van der Waals surface area contributed by atoms with Crippen molar-refractivity contribution in [2.45, 2.75) is 26.2 Å². The third kappa shape index (κ3) is 4.12. The molecule has 0 heterocycles. The Labute approximate surface area is 128 Å². The molecule has 20 heavy (non-hydrogen) atoms. The van der Waals surface area contributed by atoms with Gasteiger partial charge in [-0.1, -0.05) is 29.3 Å².